The molecular weight excluding hydrogens is 336 g/mol. The Bertz CT molecular complexity index is 624. The number of hydrogen-bond donors (Lipinski definition) is 0. The molecule has 0 amide bonds. The molecule has 1 fully saturated rings. The summed E-state index contributed by atoms with van der Waals surface area (Å²) < 4.78 is 5.91. The van der Waals surface area contributed by atoms with Gasteiger partial charge in [-0.15, -0.1) is 0 Å². The maximum atomic E-state index is 13.4. The van der Waals surface area contributed by atoms with E-state index in [1.165, 1.54) is 12.0 Å². The standard InChI is InChI=1S/C23H38O2Si/c1-18-11-8-9-14-23(18,21(24)25-15-16-26(5,6)7)20-13-10-12-19(17-20)22(2,3)4/h10,12-13,17-18H,8-9,11,14-16H2,1-7H3. The molecule has 2 unspecified atom stereocenters. The summed E-state index contributed by atoms with van der Waals surface area (Å²) in [6, 6.07) is 9.75. The van der Waals surface area contributed by atoms with Crippen LogP contribution in [0, 0.1) is 5.92 Å². The van der Waals surface area contributed by atoms with Crippen molar-refractivity contribution in [1.82, 2.24) is 0 Å². The molecule has 0 bridgehead atoms. The summed E-state index contributed by atoms with van der Waals surface area (Å²) >= 11 is 0. The lowest BCUT2D eigenvalue weighted by Crippen LogP contribution is -2.45. The van der Waals surface area contributed by atoms with E-state index in [0.29, 0.717) is 12.5 Å². The molecular formula is C23H38O2Si. The van der Waals surface area contributed by atoms with Crippen molar-refractivity contribution in [3.63, 3.8) is 0 Å². The van der Waals surface area contributed by atoms with E-state index in [4.69, 9.17) is 4.74 Å². The average Bonchev–Trinajstić information content (AvgIpc) is 2.53. The van der Waals surface area contributed by atoms with Crippen LogP contribution in [0.4, 0.5) is 0 Å². The summed E-state index contributed by atoms with van der Waals surface area (Å²) in [5.41, 5.74) is 2.06. The molecule has 1 aliphatic rings. The van der Waals surface area contributed by atoms with Crippen molar-refractivity contribution >= 4 is 14.0 Å². The molecule has 0 radical (unpaired) electrons. The van der Waals surface area contributed by atoms with Crippen molar-refractivity contribution in [1.29, 1.82) is 0 Å². The molecule has 0 saturated heterocycles. The Kier molecular flexibility index (Phi) is 6.43. The van der Waals surface area contributed by atoms with Gasteiger partial charge in [0.1, 0.15) is 0 Å². The van der Waals surface area contributed by atoms with Crippen molar-refractivity contribution in [3.05, 3.63) is 35.4 Å². The summed E-state index contributed by atoms with van der Waals surface area (Å²) in [4.78, 5) is 13.4. The van der Waals surface area contributed by atoms with Crippen LogP contribution in [0.3, 0.4) is 0 Å². The molecule has 0 heterocycles. The quantitative estimate of drug-likeness (QED) is 0.445. The molecule has 2 rings (SSSR count). The molecule has 0 aromatic heterocycles. The van der Waals surface area contributed by atoms with Gasteiger partial charge >= 0.3 is 5.97 Å². The van der Waals surface area contributed by atoms with Crippen LogP contribution in [-0.4, -0.2) is 20.7 Å². The number of ether oxygens (including phenoxy) is 1. The molecule has 0 aliphatic heterocycles. The first-order chi connectivity index (χ1) is 12.0. The van der Waals surface area contributed by atoms with Gasteiger partial charge in [0, 0.05) is 8.07 Å². The zero-order chi connectivity index (χ0) is 19.6. The van der Waals surface area contributed by atoms with E-state index < -0.39 is 13.5 Å². The third kappa shape index (κ3) is 4.79. The SMILES string of the molecule is CC1CCCCC1(C(=O)OCC[Si](C)(C)C)c1cccc(C(C)(C)C)c1. The predicted octanol–water partition coefficient (Wildman–Crippen LogP) is 6.31. The minimum Gasteiger partial charge on any atom is -0.465 e. The van der Waals surface area contributed by atoms with Gasteiger partial charge in [-0.3, -0.25) is 4.79 Å². The second kappa shape index (κ2) is 7.88. The van der Waals surface area contributed by atoms with Gasteiger partial charge in [0.15, 0.2) is 0 Å². The summed E-state index contributed by atoms with van der Waals surface area (Å²) in [6.07, 6.45) is 4.33. The van der Waals surface area contributed by atoms with E-state index in [1.807, 2.05) is 0 Å². The highest BCUT2D eigenvalue weighted by Crippen LogP contribution is 2.45. The van der Waals surface area contributed by atoms with Gasteiger partial charge in [0.05, 0.1) is 12.0 Å². The van der Waals surface area contributed by atoms with E-state index in [9.17, 15) is 4.79 Å². The van der Waals surface area contributed by atoms with Crippen LogP contribution in [0.15, 0.2) is 24.3 Å². The van der Waals surface area contributed by atoms with E-state index in [2.05, 4.69) is 71.6 Å². The fourth-order valence-electron chi connectivity index (χ4n) is 4.04. The summed E-state index contributed by atoms with van der Waals surface area (Å²) in [5, 5.41) is 0. The molecule has 1 aromatic carbocycles. The second-order valence-electron chi connectivity index (χ2n) is 10.4. The highest BCUT2D eigenvalue weighted by Gasteiger charge is 2.47. The van der Waals surface area contributed by atoms with Gasteiger partial charge in [-0.05, 0) is 41.3 Å². The summed E-state index contributed by atoms with van der Waals surface area (Å²) in [6.45, 7) is 16.5. The maximum absolute atomic E-state index is 13.4. The Morgan fingerprint density at radius 1 is 1.23 bits per heavy atom. The number of rotatable bonds is 5. The highest BCUT2D eigenvalue weighted by atomic mass is 28.3. The molecule has 1 aliphatic carbocycles. The van der Waals surface area contributed by atoms with Gasteiger partial charge in [-0.25, -0.2) is 0 Å². The summed E-state index contributed by atoms with van der Waals surface area (Å²) in [5.74, 6) is 0.333. The minimum absolute atomic E-state index is 0.00834. The van der Waals surface area contributed by atoms with Crippen LogP contribution in [0.25, 0.3) is 0 Å². The molecule has 1 saturated carbocycles. The Balaban J connectivity index is 2.36. The van der Waals surface area contributed by atoms with Crippen LogP contribution in [-0.2, 0) is 20.4 Å². The van der Waals surface area contributed by atoms with Crippen LogP contribution in [0.2, 0.25) is 25.7 Å². The van der Waals surface area contributed by atoms with Gasteiger partial charge in [-0.1, -0.05) is 84.4 Å². The predicted molar refractivity (Wildman–Crippen MR) is 114 cm³/mol. The van der Waals surface area contributed by atoms with E-state index in [0.717, 1.165) is 30.9 Å². The van der Waals surface area contributed by atoms with Crippen LogP contribution in [0.5, 0.6) is 0 Å². The zero-order valence-electron chi connectivity index (χ0n) is 17.9. The topological polar surface area (TPSA) is 26.3 Å². The van der Waals surface area contributed by atoms with E-state index in [1.54, 1.807) is 0 Å². The maximum Gasteiger partial charge on any atom is 0.316 e. The lowest BCUT2D eigenvalue weighted by Gasteiger charge is -2.41. The third-order valence-electron chi connectivity index (χ3n) is 5.99. The molecule has 0 spiro atoms. The fraction of sp³-hybridized carbons (Fsp3) is 0.696. The first kappa shape index (κ1) is 21.2. The van der Waals surface area contributed by atoms with Crippen LogP contribution >= 0.6 is 0 Å². The number of hydrogen-bond acceptors (Lipinski definition) is 2. The fourth-order valence-corrected chi connectivity index (χ4v) is 4.75. The molecule has 2 atom stereocenters. The average molecular weight is 375 g/mol. The highest BCUT2D eigenvalue weighted by molar-refractivity contribution is 6.76. The largest absolute Gasteiger partial charge is 0.465 e. The van der Waals surface area contributed by atoms with Gasteiger partial charge in [0.2, 0.25) is 0 Å². The number of carbonyl (C=O) groups is 1. The Labute approximate surface area is 161 Å². The zero-order valence-corrected chi connectivity index (χ0v) is 18.9. The van der Waals surface area contributed by atoms with Gasteiger partial charge < -0.3 is 4.74 Å². The molecule has 0 N–H and O–H groups in total. The van der Waals surface area contributed by atoms with Crippen LogP contribution in [0.1, 0.15) is 64.5 Å². The lowest BCUT2D eigenvalue weighted by atomic mass is 9.62. The van der Waals surface area contributed by atoms with Crippen molar-refractivity contribution in [3.8, 4) is 0 Å². The first-order valence-electron chi connectivity index (χ1n) is 10.2. The normalized spacial score (nSPS) is 24.3. The second-order valence-corrected chi connectivity index (χ2v) is 16.0. The number of carbonyl (C=O) groups excluding carboxylic acids is 1. The van der Waals surface area contributed by atoms with Crippen molar-refractivity contribution in [2.45, 2.75) is 89.9 Å². The van der Waals surface area contributed by atoms with Crippen LogP contribution < -0.4 is 0 Å². The van der Waals surface area contributed by atoms with E-state index in [-0.39, 0.29) is 11.4 Å². The monoisotopic (exact) mass is 374 g/mol. The Hall–Kier alpha value is -1.09. The first-order valence-corrected chi connectivity index (χ1v) is 14.0. The third-order valence-corrected chi connectivity index (χ3v) is 7.70. The molecule has 2 nitrogen and oxygen atoms in total. The van der Waals surface area contributed by atoms with Crippen molar-refractivity contribution in [2.24, 2.45) is 5.92 Å². The van der Waals surface area contributed by atoms with Gasteiger partial charge in [-0.2, -0.15) is 0 Å². The summed E-state index contributed by atoms with van der Waals surface area (Å²) in [7, 11) is -1.21. The number of benzene rings is 1. The van der Waals surface area contributed by atoms with Crippen molar-refractivity contribution < 1.29 is 9.53 Å². The number of esters is 1. The smallest absolute Gasteiger partial charge is 0.316 e. The van der Waals surface area contributed by atoms with E-state index >= 15 is 0 Å². The Morgan fingerprint density at radius 2 is 1.92 bits per heavy atom. The minimum atomic E-state index is -1.21. The Morgan fingerprint density at radius 3 is 2.50 bits per heavy atom. The van der Waals surface area contributed by atoms with Crippen molar-refractivity contribution in [2.75, 3.05) is 6.61 Å². The van der Waals surface area contributed by atoms with Gasteiger partial charge in [0.25, 0.3) is 0 Å². The molecule has 3 heteroatoms. The lowest BCUT2D eigenvalue weighted by molar-refractivity contribution is -0.154. The molecule has 146 valence electrons. The molecule has 1 aromatic rings. The molecule has 26 heavy (non-hydrogen) atoms.